The summed E-state index contributed by atoms with van der Waals surface area (Å²) < 4.78 is 25.3. The molecule has 1 amide bonds. The SMILES string of the molecule is CCOc1cc(/C=C(\C#N)C(=O)Nc2ccc(OC)cc2)cc(Br)c1Cc1cccc(F)c1. The molecule has 0 atom stereocenters. The molecule has 168 valence electrons. The van der Waals surface area contributed by atoms with Gasteiger partial charge in [0.2, 0.25) is 0 Å². The van der Waals surface area contributed by atoms with Crippen LogP contribution in [-0.2, 0) is 11.2 Å². The Bertz CT molecular complexity index is 1220. The second-order valence-corrected chi connectivity index (χ2v) is 7.93. The lowest BCUT2D eigenvalue weighted by Gasteiger charge is -2.14. The van der Waals surface area contributed by atoms with Crippen molar-refractivity contribution in [1.82, 2.24) is 0 Å². The van der Waals surface area contributed by atoms with Crippen LogP contribution in [0.5, 0.6) is 11.5 Å². The standard InChI is InChI=1S/C26H22BrFN2O3/c1-3-33-25-15-18(14-24(27)23(25)13-17-5-4-6-20(28)12-17)11-19(16-29)26(31)30-21-7-9-22(32-2)10-8-21/h4-12,14-15H,3,13H2,1-2H3,(H,30,31)/b19-11+. The summed E-state index contributed by atoms with van der Waals surface area (Å²) in [7, 11) is 1.56. The van der Waals surface area contributed by atoms with E-state index < -0.39 is 5.91 Å². The number of halogens is 2. The highest BCUT2D eigenvalue weighted by molar-refractivity contribution is 9.10. The molecule has 0 aliphatic carbocycles. The average molecular weight is 509 g/mol. The maximum Gasteiger partial charge on any atom is 0.266 e. The van der Waals surface area contributed by atoms with Crippen molar-refractivity contribution >= 4 is 33.6 Å². The second kappa shape index (κ2) is 11.3. The number of nitrogens with zero attached hydrogens (tertiary/aromatic N) is 1. The summed E-state index contributed by atoms with van der Waals surface area (Å²) >= 11 is 3.56. The van der Waals surface area contributed by atoms with E-state index in [1.807, 2.05) is 19.1 Å². The molecule has 33 heavy (non-hydrogen) atoms. The second-order valence-electron chi connectivity index (χ2n) is 7.07. The van der Waals surface area contributed by atoms with E-state index in [0.29, 0.717) is 35.8 Å². The number of rotatable bonds is 8. The highest BCUT2D eigenvalue weighted by Crippen LogP contribution is 2.32. The fraction of sp³-hybridized carbons (Fsp3) is 0.154. The van der Waals surface area contributed by atoms with Crippen molar-refractivity contribution in [1.29, 1.82) is 5.26 Å². The lowest BCUT2D eigenvalue weighted by atomic mass is 10.0. The number of nitrogens with one attached hydrogen (secondary N) is 1. The number of benzene rings is 3. The Kier molecular flexibility index (Phi) is 8.22. The first-order chi connectivity index (χ1) is 15.9. The van der Waals surface area contributed by atoms with Gasteiger partial charge in [-0.25, -0.2) is 4.39 Å². The molecule has 0 spiro atoms. The molecule has 0 aromatic heterocycles. The minimum atomic E-state index is -0.527. The molecule has 0 saturated carbocycles. The molecule has 0 bridgehead atoms. The van der Waals surface area contributed by atoms with E-state index in [1.54, 1.807) is 49.6 Å². The number of hydrogen-bond donors (Lipinski definition) is 1. The first-order valence-corrected chi connectivity index (χ1v) is 11.0. The molecule has 0 unspecified atom stereocenters. The van der Waals surface area contributed by atoms with Crippen LogP contribution in [0.1, 0.15) is 23.6 Å². The van der Waals surface area contributed by atoms with Crippen molar-refractivity contribution < 1.29 is 18.7 Å². The van der Waals surface area contributed by atoms with Crippen LogP contribution in [0.15, 0.2) is 70.7 Å². The van der Waals surface area contributed by atoms with Gasteiger partial charge in [0.1, 0.15) is 29.0 Å². The summed E-state index contributed by atoms with van der Waals surface area (Å²) in [5, 5.41) is 12.3. The molecule has 0 aliphatic rings. The molecule has 0 aliphatic heterocycles. The largest absolute Gasteiger partial charge is 0.497 e. The van der Waals surface area contributed by atoms with Crippen LogP contribution in [0, 0.1) is 17.1 Å². The topological polar surface area (TPSA) is 71.3 Å². The Balaban J connectivity index is 1.88. The predicted octanol–water partition coefficient (Wildman–Crippen LogP) is 6.13. The highest BCUT2D eigenvalue weighted by Gasteiger charge is 2.14. The van der Waals surface area contributed by atoms with Crippen LogP contribution >= 0.6 is 15.9 Å². The smallest absolute Gasteiger partial charge is 0.266 e. The summed E-state index contributed by atoms with van der Waals surface area (Å²) in [6.45, 7) is 2.30. The van der Waals surface area contributed by atoms with Crippen LogP contribution in [0.25, 0.3) is 6.08 Å². The number of hydrogen-bond acceptors (Lipinski definition) is 4. The van der Waals surface area contributed by atoms with Gasteiger partial charge in [0, 0.05) is 22.1 Å². The number of amides is 1. The van der Waals surface area contributed by atoms with E-state index in [-0.39, 0.29) is 11.4 Å². The first-order valence-electron chi connectivity index (χ1n) is 10.2. The third kappa shape index (κ3) is 6.43. The van der Waals surface area contributed by atoms with Crippen molar-refractivity contribution in [3.05, 3.63) is 93.2 Å². The van der Waals surface area contributed by atoms with Crippen LogP contribution < -0.4 is 14.8 Å². The summed E-state index contributed by atoms with van der Waals surface area (Å²) in [5.74, 6) is 0.425. The van der Waals surface area contributed by atoms with Crippen LogP contribution in [0.2, 0.25) is 0 Å². The molecule has 0 fully saturated rings. The van der Waals surface area contributed by atoms with Crippen LogP contribution in [0.3, 0.4) is 0 Å². The molecule has 0 saturated heterocycles. The fourth-order valence-electron chi connectivity index (χ4n) is 3.21. The summed E-state index contributed by atoms with van der Waals surface area (Å²) in [5.41, 5.74) is 2.76. The Labute approximate surface area is 200 Å². The van der Waals surface area contributed by atoms with Gasteiger partial charge in [0.15, 0.2) is 0 Å². The molecule has 1 N–H and O–H groups in total. The molecule has 0 heterocycles. The number of carbonyl (C=O) groups excluding carboxylic acids is 1. The molecular formula is C26H22BrFN2O3. The van der Waals surface area contributed by atoms with Gasteiger partial charge in [-0.2, -0.15) is 5.26 Å². The quantitative estimate of drug-likeness (QED) is 0.293. The normalized spacial score (nSPS) is 10.9. The zero-order valence-corrected chi connectivity index (χ0v) is 19.8. The minimum absolute atomic E-state index is 0.0574. The lowest BCUT2D eigenvalue weighted by Crippen LogP contribution is -2.13. The third-order valence-corrected chi connectivity index (χ3v) is 5.48. The predicted molar refractivity (Wildman–Crippen MR) is 130 cm³/mol. The number of anilines is 1. The molecule has 3 rings (SSSR count). The molecule has 5 nitrogen and oxygen atoms in total. The minimum Gasteiger partial charge on any atom is -0.497 e. The zero-order valence-electron chi connectivity index (χ0n) is 18.2. The third-order valence-electron chi connectivity index (χ3n) is 4.77. The van der Waals surface area contributed by atoms with E-state index in [2.05, 4.69) is 21.2 Å². The zero-order chi connectivity index (χ0) is 23.8. The van der Waals surface area contributed by atoms with Crippen molar-refractivity contribution in [2.75, 3.05) is 19.0 Å². The van der Waals surface area contributed by atoms with Crippen LogP contribution in [-0.4, -0.2) is 19.6 Å². The van der Waals surface area contributed by atoms with Crippen molar-refractivity contribution in [3.8, 4) is 17.6 Å². The number of ether oxygens (including phenoxy) is 2. The summed E-state index contributed by atoms with van der Waals surface area (Å²) in [6, 6.07) is 18.7. The lowest BCUT2D eigenvalue weighted by molar-refractivity contribution is -0.112. The Hall–Kier alpha value is -3.63. The monoisotopic (exact) mass is 508 g/mol. The van der Waals surface area contributed by atoms with E-state index in [9.17, 15) is 14.4 Å². The van der Waals surface area contributed by atoms with Crippen molar-refractivity contribution in [2.24, 2.45) is 0 Å². The Morgan fingerprint density at radius 1 is 1.18 bits per heavy atom. The van der Waals surface area contributed by atoms with Gasteiger partial charge in [0.05, 0.1) is 13.7 Å². The van der Waals surface area contributed by atoms with Gasteiger partial charge >= 0.3 is 0 Å². The first kappa shape index (κ1) is 24.0. The Morgan fingerprint density at radius 3 is 2.58 bits per heavy atom. The van der Waals surface area contributed by atoms with E-state index in [4.69, 9.17) is 9.47 Å². The van der Waals surface area contributed by atoms with Gasteiger partial charge in [-0.3, -0.25) is 4.79 Å². The Morgan fingerprint density at radius 2 is 1.94 bits per heavy atom. The molecular weight excluding hydrogens is 487 g/mol. The van der Waals surface area contributed by atoms with Gasteiger partial charge in [-0.1, -0.05) is 28.1 Å². The van der Waals surface area contributed by atoms with Crippen LogP contribution in [0.4, 0.5) is 10.1 Å². The fourth-order valence-corrected chi connectivity index (χ4v) is 3.81. The molecule has 0 radical (unpaired) electrons. The molecule has 7 heteroatoms. The summed E-state index contributed by atoms with van der Waals surface area (Å²) in [6.07, 6.45) is 1.96. The van der Waals surface area contributed by atoms with Gasteiger partial charge in [-0.05, 0) is 72.7 Å². The number of carbonyl (C=O) groups is 1. The van der Waals surface area contributed by atoms with Gasteiger partial charge < -0.3 is 14.8 Å². The number of nitriles is 1. The van der Waals surface area contributed by atoms with E-state index >= 15 is 0 Å². The molecule has 3 aromatic carbocycles. The van der Waals surface area contributed by atoms with E-state index in [1.165, 1.54) is 18.2 Å². The summed E-state index contributed by atoms with van der Waals surface area (Å²) in [4.78, 5) is 12.6. The average Bonchev–Trinajstić information content (AvgIpc) is 2.80. The van der Waals surface area contributed by atoms with Gasteiger partial charge in [-0.15, -0.1) is 0 Å². The van der Waals surface area contributed by atoms with Gasteiger partial charge in [0.25, 0.3) is 5.91 Å². The number of methoxy groups -OCH3 is 1. The highest BCUT2D eigenvalue weighted by atomic mass is 79.9. The molecule has 3 aromatic rings. The van der Waals surface area contributed by atoms with E-state index in [0.717, 1.165) is 15.6 Å². The maximum absolute atomic E-state index is 13.6. The van der Waals surface area contributed by atoms with Crippen molar-refractivity contribution in [3.63, 3.8) is 0 Å². The van der Waals surface area contributed by atoms with Crippen molar-refractivity contribution in [2.45, 2.75) is 13.3 Å². The maximum atomic E-state index is 13.6.